The minimum Gasteiger partial charge on any atom is -0.417 e. The molecule has 0 fully saturated rings. The zero-order valence-electron chi connectivity index (χ0n) is 14.1. The van der Waals surface area contributed by atoms with Crippen LogP contribution >= 0.6 is 0 Å². The zero-order valence-corrected chi connectivity index (χ0v) is 15.3. The number of nitrogens with zero attached hydrogens (tertiary/aromatic N) is 1. The van der Waals surface area contributed by atoms with Crippen LogP contribution in [0.4, 0.5) is 0 Å². The zero-order chi connectivity index (χ0) is 15.6. The van der Waals surface area contributed by atoms with E-state index in [2.05, 4.69) is 44.9 Å². The van der Waals surface area contributed by atoms with Crippen molar-refractivity contribution in [3.8, 4) is 0 Å². The van der Waals surface area contributed by atoms with Gasteiger partial charge in [-0.05, 0) is 55.3 Å². The predicted molar refractivity (Wildman–Crippen MR) is 90.8 cm³/mol. The normalized spacial score (nSPS) is 24.5. The van der Waals surface area contributed by atoms with Crippen molar-refractivity contribution in [3.05, 3.63) is 29.6 Å². The number of aromatic nitrogens is 1. The molecule has 2 rings (SSSR count). The molecule has 0 saturated heterocycles. The second-order valence-electron chi connectivity index (χ2n) is 7.66. The van der Waals surface area contributed by atoms with Gasteiger partial charge in [-0.25, -0.2) is 0 Å². The Morgan fingerprint density at radius 2 is 2.10 bits per heavy atom. The van der Waals surface area contributed by atoms with Crippen molar-refractivity contribution in [1.29, 1.82) is 0 Å². The largest absolute Gasteiger partial charge is 0.417 e. The highest BCUT2D eigenvalue weighted by Crippen LogP contribution is 2.38. The van der Waals surface area contributed by atoms with E-state index in [0.29, 0.717) is 12.0 Å². The second kappa shape index (κ2) is 6.59. The lowest BCUT2D eigenvalue weighted by atomic mass is 9.77. The fourth-order valence-corrected chi connectivity index (χ4v) is 4.70. The van der Waals surface area contributed by atoms with Gasteiger partial charge in [-0.2, -0.15) is 0 Å². The number of rotatable bonds is 3. The maximum absolute atomic E-state index is 6.44. The van der Waals surface area contributed by atoms with Crippen LogP contribution in [0.5, 0.6) is 0 Å². The molecule has 0 bridgehead atoms. The first-order valence-corrected chi connectivity index (χ1v) is 10.9. The molecule has 2 N–H and O–H groups in total. The standard InChI is InChI=1S/C17H30N2OSi/c1-17(2,3)16(20-21(4)5)13-9-8-12-7-6-10-19-15(12)14(18)11-13/h6-7,10,13-14,16,21H,8-9,11,18H2,1-5H3/t13-,14+,16?/m1/s1. The van der Waals surface area contributed by atoms with E-state index in [1.165, 1.54) is 5.56 Å². The highest BCUT2D eigenvalue weighted by atomic mass is 28.3. The van der Waals surface area contributed by atoms with Crippen LogP contribution in [0.2, 0.25) is 13.1 Å². The van der Waals surface area contributed by atoms with Crippen molar-refractivity contribution in [2.24, 2.45) is 17.1 Å². The summed E-state index contributed by atoms with van der Waals surface area (Å²) in [7, 11) is -1.07. The maximum Gasteiger partial charge on any atom is 0.171 e. The van der Waals surface area contributed by atoms with Gasteiger partial charge < -0.3 is 10.2 Å². The molecule has 21 heavy (non-hydrogen) atoms. The van der Waals surface area contributed by atoms with Crippen molar-refractivity contribution in [2.45, 2.75) is 65.3 Å². The number of pyridine rings is 1. The Balaban J connectivity index is 2.21. The van der Waals surface area contributed by atoms with Gasteiger partial charge in [-0.15, -0.1) is 0 Å². The Labute approximate surface area is 131 Å². The van der Waals surface area contributed by atoms with Gasteiger partial charge in [0, 0.05) is 12.2 Å². The van der Waals surface area contributed by atoms with Gasteiger partial charge in [0.05, 0.1) is 11.8 Å². The monoisotopic (exact) mass is 306 g/mol. The molecule has 0 amide bonds. The van der Waals surface area contributed by atoms with E-state index < -0.39 is 9.04 Å². The molecular weight excluding hydrogens is 276 g/mol. The molecule has 0 radical (unpaired) electrons. The second-order valence-corrected chi connectivity index (χ2v) is 10.0. The molecule has 3 atom stereocenters. The molecule has 3 nitrogen and oxygen atoms in total. The van der Waals surface area contributed by atoms with Gasteiger partial charge in [-0.3, -0.25) is 4.98 Å². The lowest BCUT2D eigenvalue weighted by molar-refractivity contribution is 0.0243. The fourth-order valence-electron chi connectivity index (χ4n) is 3.48. The third-order valence-electron chi connectivity index (χ3n) is 4.32. The fraction of sp³-hybridized carbons (Fsp3) is 0.706. The van der Waals surface area contributed by atoms with Crippen LogP contribution in [0.25, 0.3) is 0 Å². The van der Waals surface area contributed by atoms with Crippen LogP contribution < -0.4 is 5.73 Å². The summed E-state index contributed by atoms with van der Waals surface area (Å²) < 4.78 is 6.42. The van der Waals surface area contributed by atoms with E-state index in [1.807, 2.05) is 12.3 Å². The minimum atomic E-state index is -1.07. The van der Waals surface area contributed by atoms with Crippen LogP contribution in [0, 0.1) is 11.3 Å². The number of hydrogen-bond donors (Lipinski definition) is 1. The van der Waals surface area contributed by atoms with Gasteiger partial charge in [0.1, 0.15) is 0 Å². The topological polar surface area (TPSA) is 48.1 Å². The van der Waals surface area contributed by atoms with Crippen LogP contribution in [-0.2, 0) is 10.8 Å². The molecule has 0 aliphatic heterocycles. The third kappa shape index (κ3) is 4.15. The van der Waals surface area contributed by atoms with Crippen molar-refractivity contribution >= 4 is 9.04 Å². The smallest absolute Gasteiger partial charge is 0.171 e. The summed E-state index contributed by atoms with van der Waals surface area (Å²) >= 11 is 0. The number of nitrogens with two attached hydrogens (primary N) is 1. The molecule has 1 aromatic heterocycles. The van der Waals surface area contributed by atoms with E-state index in [9.17, 15) is 0 Å². The van der Waals surface area contributed by atoms with Crippen molar-refractivity contribution in [2.75, 3.05) is 0 Å². The van der Waals surface area contributed by atoms with E-state index >= 15 is 0 Å². The molecule has 0 saturated carbocycles. The van der Waals surface area contributed by atoms with E-state index in [4.69, 9.17) is 10.2 Å². The molecule has 4 heteroatoms. The summed E-state index contributed by atoms with van der Waals surface area (Å²) in [6.45, 7) is 11.4. The average molecular weight is 307 g/mol. The van der Waals surface area contributed by atoms with Gasteiger partial charge >= 0.3 is 0 Å². The first-order chi connectivity index (χ1) is 9.79. The van der Waals surface area contributed by atoms with Crippen molar-refractivity contribution in [3.63, 3.8) is 0 Å². The summed E-state index contributed by atoms with van der Waals surface area (Å²) in [5, 5.41) is 0. The molecule has 118 valence electrons. The van der Waals surface area contributed by atoms with Gasteiger partial charge in [-0.1, -0.05) is 26.8 Å². The average Bonchev–Trinajstić information content (AvgIpc) is 2.55. The summed E-state index contributed by atoms with van der Waals surface area (Å²) in [6.07, 6.45) is 5.35. The Morgan fingerprint density at radius 1 is 1.38 bits per heavy atom. The van der Waals surface area contributed by atoms with Crippen LogP contribution in [-0.4, -0.2) is 20.1 Å². The summed E-state index contributed by atoms with van der Waals surface area (Å²) in [6, 6.07) is 4.23. The number of aryl methyl sites for hydroxylation is 1. The highest BCUT2D eigenvalue weighted by molar-refractivity contribution is 6.48. The van der Waals surface area contributed by atoms with E-state index in [0.717, 1.165) is 25.0 Å². The van der Waals surface area contributed by atoms with E-state index in [-0.39, 0.29) is 11.5 Å². The first kappa shape index (κ1) is 16.7. The van der Waals surface area contributed by atoms with Crippen molar-refractivity contribution < 1.29 is 4.43 Å². The summed E-state index contributed by atoms with van der Waals surface area (Å²) in [4.78, 5) is 4.52. The maximum atomic E-state index is 6.44. The Morgan fingerprint density at radius 3 is 2.71 bits per heavy atom. The summed E-state index contributed by atoms with van der Waals surface area (Å²) in [5.41, 5.74) is 9.01. The number of hydrogen-bond acceptors (Lipinski definition) is 3. The molecule has 0 aromatic carbocycles. The Kier molecular flexibility index (Phi) is 5.23. The van der Waals surface area contributed by atoms with Crippen LogP contribution in [0.3, 0.4) is 0 Å². The van der Waals surface area contributed by atoms with Crippen molar-refractivity contribution in [1.82, 2.24) is 4.98 Å². The molecular formula is C17H30N2OSi. The first-order valence-electron chi connectivity index (χ1n) is 8.14. The molecule has 1 aromatic rings. The van der Waals surface area contributed by atoms with Gasteiger partial charge in [0.25, 0.3) is 0 Å². The lowest BCUT2D eigenvalue weighted by Gasteiger charge is -2.39. The Hall–Kier alpha value is -0.713. The molecule has 1 aliphatic carbocycles. The predicted octanol–water partition coefficient (Wildman–Crippen LogP) is 3.45. The Bertz CT molecular complexity index is 470. The molecule has 1 aliphatic rings. The molecule has 1 heterocycles. The third-order valence-corrected chi connectivity index (χ3v) is 5.16. The SMILES string of the molecule is C[SiH](C)OC([C@@H]1CCc2cccnc2[C@@H](N)C1)C(C)(C)C. The van der Waals surface area contributed by atoms with Crippen LogP contribution in [0.1, 0.15) is 50.9 Å². The summed E-state index contributed by atoms with van der Waals surface area (Å²) in [5.74, 6) is 0.518. The van der Waals surface area contributed by atoms with E-state index in [1.54, 1.807) is 0 Å². The van der Waals surface area contributed by atoms with Gasteiger partial charge in [0.2, 0.25) is 0 Å². The molecule has 0 spiro atoms. The van der Waals surface area contributed by atoms with Crippen LogP contribution in [0.15, 0.2) is 18.3 Å². The lowest BCUT2D eigenvalue weighted by Crippen LogP contribution is -2.40. The molecule has 1 unspecified atom stereocenters. The highest BCUT2D eigenvalue weighted by Gasteiger charge is 2.36. The van der Waals surface area contributed by atoms with Gasteiger partial charge in [0.15, 0.2) is 9.04 Å². The minimum absolute atomic E-state index is 0.0379. The quantitative estimate of drug-likeness (QED) is 0.687. The number of fused-ring (bicyclic) bond motifs is 1.